The van der Waals surface area contributed by atoms with Gasteiger partial charge in [-0.1, -0.05) is 12.0 Å². The SMILES string of the molecule is Cc1nnc(NC(=O)C2(CN)CCC(C)CC2)o1. The quantitative estimate of drug-likeness (QED) is 0.849. The average Bonchev–Trinajstić information content (AvgIpc) is 2.76. The maximum Gasteiger partial charge on any atom is 0.322 e. The van der Waals surface area contributed by atoms with E-state index in [1.54, 1.807) is 6.92 Å². The summed E-state index contributed by atoms with van der Waals surface area (Å²) in [5, 5.41) is 10.1. The van der Waals surface area contributed by atoms with Gasteiger partial charge in [-0.25, -0.2) is 0 Å². The fourth-order valence-electron chi connectivity index (χ4n) is 2.42. The number of aryl methyl sites for hydroxylation is 1. The van der Waals surface area contributed by atoms with E-state index in [0.29, 0.717) is 18.4 Å². The van der Waals surface area contributed by atoms with E-state index in [1.807, 2.05) is 0 Å². The topological polar surface area (TPSA) is 94.0 Å². The highest BCUT2D eigenvalue weighted by Gasteiger charge is 2.40. The second-order valence-electron chi connectivity index (χ2n) is 5.25. The molecule has 1 amide bonds. The number of amides is 1. The monoisotopic (exact) mass is 252 g/mol. The van der Waals surface area contributed by atoms with E-state index >= 15 is 0 Å². The van der Waals surface area contributed by atoms with Gasteiger partial charge in [0, 0.05) is 13.5 Å². The molecule has 2 rings (SSSR count). The smallest absolute Gasteiger partial charge is 0.322 e. The number of hydrogen-bond acceptors (Lipinski definition) is 5. The van der Waals surface area contributed by atoms with Crippen molar-refractivity contribution in [3.63, 3.8) is 0 Å². The van der Waals surface area contributed by atoms with Crippen molar-refractivity contribution in [2.45, 2.75) is 39.5 Å². The van der Waals surface area contributed by atoms with Crippen LogP contribution in [0.2, 0.25) is 0 Å². The predicted octanol–water partition coefficient (Wildman–Crippen LogP) is 1.47. The van der Waals surface area contributed by atoms with Gasteiger partial charge in [0.25, 0.3) is 0 Å². The minimum Gasteiger partial charge on any atom is -0.408 e. The Labute approximate surface area is 106 Å². The second kappa shape index (κ2) is 5.06. The van der Waals surface area contributed by atoms with Crippen LogP contribution in [0.5, 0.6) is 0 Å². The van der Waals surface area contributed by atoms with Crippen LogP contribution < -0.4 is 11.1 Å². The lowest BCUT2D eigenvalue weighted by molar-refractivity contribution is -0.127. The number of carbonyl (C=O) groups is 1. The molecule has 0 spiro atoms. The number of nitrogens with zero attached hydrogens (tertiary/aromatic N) is 2. The molecule has 6 heteroatoms. The molecule has 1 aromatic heterocycles. The van der Waals surface area contributed by atoms with Crippen LogP contribution >= 0.6 is 0 Å². The molecule has 1 aliphatic carbocycles. The molecule has 1 heterocycles. The Morgan fingerprint density at radius 2 is 2.17 bits per heavy atom. The summed E-state index contributed by atoms with van der Waals surface area (Å²) in [7, 11) is 0. The summed E-state index contributed by atoms with van der Waals surface area (Å²) in [5.41, 5.74) is 5.34. The van der Waals surface area contributed by atoms with Gasteiger partial charge in [-0.15, -0.1) is 5.10 Å². The van der Waals surface area contributed by atoms with Gasteiger partial charge in [0.05, 0.1) is 5.41 Å². The van der Waals surface area contributed by atoms with Crippen LogP contribution in [0.1, 0.15) is 38.5 Å². The Morgan fingerprint density at radius 3 is 2.67 bits per heavy atom. The van der Waals surface area contributed by atoms with Crippen molar-refractivity contribution in [3.8, 4) is 0 Å². The highest BCUT2D eigenvalue weighted by molar-refractivity contribution is 5.93. The van der Waals surface area contributed by atoms with Crippen molar-refractivity contribution >= 4 is 11.9 Å². The molecule has 1 aromatic rings. The zero-order chi connectivity index (χ0) is 13.2. The third-order valence-electron chi connectivity index (χ3n) is 3.85. The van der Waals surface area contributed by atoms with Crippen molar-refractivity contribution < 1.29 is 9.21 Å². The molecule has 0 radical (unpaired) electrons. The summed E-state index contributed by atoms with van der Waals surface area (Å²) >= 11 is 0. The third-order valence-corrected chi connectivity index (χ3v) is 3.85. The van der Waals surface area contributed by atoms with Gasteiger partial charge in [-0.3, -0.25) is 10.1 Å². The summed E-state index contributed by atoms with van der Waals surface area (Å²) in [6.07, 6.45) is 3.72. The standard InChI is InChI=1S/C12H20N4O2/c1-8-3-5-12(7-13,6-4-8)10(17)14-11-16-15-9(2)18-11/h8H,3-7,13H2,1-2H3,(H,14,16,17). The molecule has 3 N–H and O–H groups in total. The van der Waals surface area contributed by atoms with E-state index in [-0.39, 0.29) is 11.9 Å². The fourth-order valence-corrected chi connectivity index (χ4v) is 2.42. The van der Waals surface area contributed by atoms with Crippen molar-refractivity contribution in [2.24, 2.45) is 17.1 Å². The molecule has 1 fully saturated rings. The van der Waals surface area contributed by atoms with E-state index in [2.05, 4.69) is 22.4 Å². The first-order chi connectivity index (χ1) is 8.55. The summed E-state index contributed by atoms with van der Waals surface area (Å²) in [5.74, 6) is 1.01. The number of anilines is 1. The zero-order valence-electron chi connectivity index (χ0n) is 10.9. The van der Waals surface area contributed by atoms with Crippen molar-refractivity contribution in [1.82, 2.24) is 10.2 Å². The van der Waals surface area contributed by atoms with E-state index in [0.717, 1.165) is 25.7 Å². The van der Waals surface area contributed by atoms with Crippen LogP contribution in [0.3, 0.4) is 0 Å². The molecule has 0 unspecified atom stereocenters. The van der Waals surface area contributed by atoms with Gasteiger partial charge in [-0.2, -0.15) is 0 Å². The number of nitrogens with two attached hydrogens (primary N) is 1. The molecule has 0 bridgehead atoms. The van der Waals surface area contributed by atoms with Crippen LogP contribution in [0.15, 0.2) is 4.42 Å². The van der Waals surface area contributed by atoms with Gasteiger partial charge < -0.3 is 10.2 Å². The molecule has 0 aliphatic heterocycles. The first kappa shape index (κ1) is 13.0. The van der Waals surface area contributed by atoms with Crippen LogP contribution in [0, 0.1) is 18.3 Å². The predicted molar refractivity (Wildman–Crippen MR) is 66.8 cm³/mol. The van der Waals surface area contributed by atoms with Gasteiger partial charge in [0.15, 0.2) is 0 Å². The Kier molecular flexibility index (Phi) is 3.65. The Hall–Kier alpha value is -1.43. The highest BCUT2D eigenvalue weighted by atomic mass is 16.4. The zero-order valence-corrected chi connectivity index (χ0v) is 10.9. The Balaban J connectivity index is 2.06. The van der Waals surface area contributed by atoms with Crippen molar-refractivity contribution in [1.29, 1.82) is 0 Å². The summed E-state index contributed by atoms with van der Waals surface area (Å²) in [4.78, 5) is 12.3. The van der Waals surface area contributed by atoms with Crippen LogP contribution in [0.25, 0.3) is 0 Å². The van der Waals surface area contributed by atoms with E-state index in [1.165, 1.54) is 0 Å². The molecule has 0 aromatic carbocycles. The normalized spacial score (nSPS) is 28.1. The lowest BCUT2D eigenvalue weighted by atomic mass is 9.70. The van der Waals surface area contributed by atoms with Crippen LogP contribution in [-0.2, 0) is 4.79 Å². The molecule has 0 atom stereocenters. The minimum absolute atomic E-state index is 0.0967. The number of nitrogens with one attached hydrogen (secondary N) is 1. The molecule has 1 saturated carbocycles. The maximum atomic E-state index is 12.3. The Bertz CT molecular complexity index is 421. The lowest BCUT2D eigenvalue weighted by Gasteiger charge is -2.36. The van der Waals surface area contributed by atoms with Crippen LogP contribution in [-0.4, -0.2) is 22.6 Å². The lowest BCUT2D eigenvalue weighted by Crippen LogP contribution is -2.44. The third kappa shape index (κ3) is 2.53. The molecule has 1 aliphatic rings. The first-order valence-electron chi connectivity index (χ1n) is 6.37. The molecule has 100 valence electrons. The van der Waals surface area contributed by atoms with E-state index < -0.39 is 5.41 Å². The van der Waals surface area contributed by atoms with Gasteiger partial charge in [-0.05, 0) is 31.6 Å². The Morgan fingerprint density at radius 1 is 1.50 bits per heavy atom. The first-order valence-corrected chi connectivity index (χ1v) is 6.37. The molecule has 18 heavy (non-hydrogen) atoms. The number of aromatic nitrogens is 2. The van der Waals surface area contributed by atoms with Crippen LogP contribution in [0.4, 0.5) is 6.01 Å². The number of rotatable bonds is 3. The average molecular weight is 252 g/mol. The van der Waals surface area contributed by atoms with Gasteiger partial charge in [0.2, 0.25) is 11.8 Å². The minimum atomic E-state index is -0.477. The summed E-state index contributed by atoms with van der Waals surface area (Å²) in [6, 6.07) is 0.156. The number of carbonyl (C=O) groups excluding carboxylic acids is 1. The second-order valence-corrected chi connectivity index (χ2v) is 5.25. The van der Waals surface area contributed by atoms with Gasteiger partial charge in [0.1, 0.15) is 0 Å². The van der Waals surface area contributed by atoms with Crippen molar-refractivity contribution in [3.05, 3.63) is 5.89 Å². The summed E-state index contributed by atoms with van der Waals surface area (Å²) < 4.78 is 5.16. The highest BCUT2D eigenvalue weighted by Crippen LogP contribution is 2.38. The van der Waals surface area contributed by atoms with Crippen molar-refractivity contribution in [2.75, 3.05) is 11.9 Å². The molecule has 6 nitrogen and oxygen atoms in total. The largest absolute Gasteiger partial charge is 0.408 e. The molecular weight excluding hydrogens is 232 g/mol. The van der Waals surface area contributed by atoms with E-state index in [4.69, 9.17) is 10.2 Å². The fraction of sp³-hybridized carbons (Fsp3) is 0.750. The summed E-state index contributed by atoms with van der Waals surface area (Å²) in [6.45, 7) is 4.25. The molecule has 0 saturated heterocycles. The maximum absolute atomic E-state index is 12.3. The number of hydrogen-bond donors (Lipinski definition) is 2. The van der Waals surface area contributed by atoms with Gasteiger partial charge >= 0.3 is 6.01 Å². The van der Waals surface area contributed by atoms with E-state index in [9.17, 15) is 4.79 Å². The molecular formula is C12H20N4O2.